The molecule has 0 bridgehead atoms. The van der Waals surface area contributed by atoms with Gasteiger partial charge in [0.1, 0.15) is 5.60 Å². The molecule has 0 aromatic heterocycles. The van der Waals surface area contributed by atoms with Crippen molar-refractivity contribution in [3.8, 4) is 0 Å². The Hall–Kier alpha value is -1.41. The summed E-state index contributed by atoms with van der Waals surface area (Å²) >= 11 is 0. The lowest BCUT2D eigenvalue weighted by atomic mass is 10.0. The number of amides is 1. The molecule has 2 rings (SSSR count). The highest BCUT2D eigenvalue weighted by molar-refractivity contribution is 5.70. The van der Waals surface area contributed by atoms with Gasteiger partial charge >= 0.3 is 6.09 Å². The number of carbonyl (C=O) groups excluding carboxylic acids is 1. The van der Waals surface area contributed by atoms with Crippen LogP contribution in [0.15, 0.2) is 24.4 Å². The number of allylic oxidation sites excluding steroid dienone is 2. The molecule has 2 aliphatic heterocycles. The van der Waals surface area contributed by atoms with Crippen molar-refractivity contribution in [2.24, 2.45) is 0 Å². The molecule has 0 spiro atoms. The van der Waals surface area contributed by atoms with Crippen LogP contribution < -0.4 is 10.6 Å². The monoisotopic (exact) mass is 327 g/mol. The zero-order chi connectivity index (χ0) is 17.3. The van der Waals surface area contributed by atoms with Crippen LogP contribution >= 0.6 is 0 Å². The zero-order valence-corrected chi connectivity index (χ0v) is 14.2. The largest absolute Gasteiger partial charge is 0.443 e. The minimum absolute atomic E-state index is 0.0174. The fraction of sp³-hybridized carbons (Fsp3) is 0.688. The quantitative estimate of drug-likeness (QED) is 0.579. The Kier molecular flexibility index (Phi) is 7.70. The van der Waals surface area contributed by atoms with E-state index in [9.17, 15) is 4.79 Å². The Morgan fingerprint density at radius 1 is 1.26 bits per heavy atom. The van der Waals surface area contributed by atoms with Crippen LogP contribution in [0.25, 0.3) is 0 Å². The number of hydrogen-bond acceptors (Lipinski definition) is 6. The molecular formula is C16H29N3O4. The number of hydrogen-bond donors (Lipinski definition) is 4. The van der Waals surface area contributed by atoms with Crippen molar-refractivity contribution in [1.82, 2.24) is 15.5 Å². The smallest absolute Gasteiger partial charge is 0.414 e. The number of nitrogens with one attached hydrogen (secondary N) is 2. The van der Waals surface area contributed by atoms with Crippen molar-refractivity contribution < 1.29 is 19.7 Å². The first-order chi connectivity index (χ1) is 10.8. The summed E-state index contributed by atoms with van der Waals surface area (Å²) in [6, 6.07) is 0. The van der Waals surface area contributed by atoms with Crippen LogP contribution in [0.3, 0.4) is 0 Å². The number of aliphatic hydroxyl groups is 2. The van der Waals surface area contributed by atoms with Gasteiger partial charge in [0.15, 0.2) is 0 Å². The molecule has 0 atom stereocenters. The lowest BCUT2D eigenvalue weighted by Gasteiger charge is -2.35. The lowest BCUT2D eigenvalue weighted by Crippen LogP contribution is -2.63. The van der Waals surface area contributed by atoms with Gasteiger partial charge in [0.2, 0.25) is 0 Å². The van der Waals surface area contributed by atoms with Gasteiger partial charge in [0.25, 0.3) is 0 Å². The third-order valence-corrected chi connectivity index (χ3v) is 3.31. The standard InChI is InChI=1S/C10H15NO2.C6H14N2O2/c1-10(2,3)13-9(12)11-7-5-4-6-8-11;9-4-6(5-10)3-7-1-2-8-6/h4-7H,8H2,1-3H3;7-10H,1-5H2. The summed E-state index contributed by atoms with van der Waals surface area (Å²) in [5.74, 6) is 0. The summed E-state index contributed by atoms with van der Waals surface area (Å²) < 4.78 is 5.18. The minimum Gasteiger partial charge on any atom is -0.443 e. The van der Waals surface area contributed by atoms with Crippen molar-refractivity contribution in [2.45, 2.75) is 31.9 Å². The Labute approximate surface area is 138 Å². The molecule has 7 heteroatoms. The van der Waals surface area contributed by atoms with Gasteiger partial charge in [-0.1, -0.05) is 12.2 Å². The molecule has 0 saturated carbocycles. The molecule has 1 fully saturated rings. The van der Waals surface area contributed by atoms with Gasteiger partial charge in [0, 0.05) is 32.4 Å². The molecule has 0 aromatic rings. The Balaban J connectivity index is 0.000000238. The molecule has 23 heavy (non-hydrogen) atoms. The predicted molar refractivity (Wildman–Crippen MR) is 89.0 cm³/mol. The molecule has 0 radical (unpaired) electrons. The van der Waals surface area contributed by atoms with Crippen molar-refractivity contribution in [1.29, 1.82) is 0 Å². The van der Waals surface area contributed by atoms with Crippen LogP contribution in [0, 0.1) is 0 Å². The molecule has 0 aromatic carbocycles. The second-order valence-corrected chi connectivity index (χ2v) is 6.60. The van der Waals surface area contributed by atoms with E-state index in [-0.39, 0.29) is 19.3 Å². The van der Waals surface area contributed by atoms with E-state index in [1.165, 1.54) is 4.90 Å². The Morgan fingerprint density at radius 3 is 2.35 bits per heavy atom. The normalized spacial score (nSPS) is 19.8. The second kappa shape index (κ2) is 9.02. The Morgan fingerprint density at radius 2 is 1.96 bits per heavy atom. The number of piperazine rings is 1. The van der Waals surface area contributed by atoms with Crippen LogP contribution in [-0.2, 0) is 4.74 Å². The third-order valence-electron chi connectivity index (χ3n) is 3.31. The van der Waals surface area contributed by atoms with Crippen LogP contribution in [0.1, 0.15) is 20.8 Å². The van der Waals surface area contributed by atoms with E-state index in [2.05, 4.69) is 10.6 Å². The summed E-state index contributed by atoms with van der Waals surface area (Å²) in [5, 5.41) is 23.9. The molecule has 0 unspecified atom stereocenters. The van der Waals surface area contributed by atoms with Crippen molar-refractivity contribution >= 4 is 6.09 Å². The first-order valence-corrected chi connectivity index (χ1v) is 7.82. The minimum atomic E-state index is -0.488. The first-order valence-electron chi connectivity index (χ1n) is 7.82. The van der Waals surface area contributed by atoms with Gasteiger partial charge < -0.3 is 25.6 Å². The predicted octanol–water partition coefficient (Wildman–Crippen LogP) is 0.210. The number of rotatable bonds is 2. The van der Waals surface area contributed by atoms with Gasteiger partial charge in [-0.05, 0) is 26.8 Å². The second-order valence-electron chi connectivity index (χ2n) is 6.60. The molecule has 7 nitrogen and oxygen atoms in total. The molecule has 1 amide bonds. The summed E-state index contributed by atoms with van der Waals surface area (Å²) in [7, 11) is 0. The third kappa shape index (κ3) is 7.13. The maximum absolute atomic E-state index is 11.4. The van der Waals surface area contributed by atoms with Gasteiger partial charge in [-0.2, -0.15) is 0 Å². The van der Waals surface area contributed by atoms with Crippen molar-refractivity contribution in [2.75, 3.05) is 39.4 Å². The van der Waals surface area contributed by atoms with E-state index in [4.69, 9.17) is 14.9 Å². The summed E-state index contributed by atoms with van der Waals surface area (Å²) in [6.45, 7) is 8.47. The van der Waals surface area contributed by atoms with E-state index >= 15 is 0 Å². The summed E-state index contributed by atoms with van der Waals surface area (Å²) in [4.78, 5) is 13.0. The fourth-order valence-electron chi connectivity index (χ4n) is 2.00. The maximum atomic E-state index is 11.4. The van der Waals surface area contributed by atoms with Gasteiger partial charge in [-0.25, -0.2) is 4.79 Å². The first kappa shape index (κ1) is 19.6. The fourth-order valence-corrected chi connectivity index (χ4v) is 2.00. The molecule has 4 N–H and O–H groups in total. The van der Waals surface area contributed by atoms with Crippen LogP contribution in [-0.4, -0.2) is 71.7 Å². The molecule has 1 saturated heterocycles. The van der Waals surface area contributed by atoms with Gasteiger partial charge in [0.05, 0.1) is 18.8 Å². The van der Waals surface area contributed by atoms with Crippen LogP contribution in [0.4, 0.5) is 4.79 Å². The highest BCUT2D eigenvalue weighted by atomic mass is 16.6. The number of ether oxygens (including phenoxy) is 1. The van der Waals surface area contributed by atoms with E-state index in [0.717, 1.165) is 13.1 Å². The summed E-state index contributed by atoms with van der Waals surface area (Å²) in [6.07, 6.45) is 7.04. The highest BCUT2D eigenvalue weighted by Gasteiger charge is 2.29. The van der Waals surface area contributed by atoms with E-state index in [1.54, 1.807) is 6.20 Å². The molecular weight excluding hydrogens is 298 g/mol. The van der Waals surface area contributed by atoms with Gasteiger partial charge in [-0.3, -0.25) is 4.90 Å². The van der Waals surface area contributed by atoms with E-state index in [0.29, 0.717) is 13.1 Å². The average Bonchev–Trinajstić information content (AvgIpc) is 2.55. The van der Waals surface area contributed by atoms with Crippen molar-refractivity contribution in [3.05, 3.63) is 24.4 Å². The topological polar surface area (TPSA) is 94.1 Å². The van der Waals surface area contributed by atoms with Gasteiger partial charge in [-0.15, -0.1) is 0 Å². The molecule has 2 aliphatic rings. The molecule has 2 heterocycles. The van der Waals surface area contributed by atoms with E-state index < -0.39 is 11.1 Å². The molecule has 132 valence electrons. The Bertz CT molecular complexity index is 418. The number of nitrogens with zero attached hydrogens (tertiary/aromatic N) is 1. The average molecular weight is 327 g/mol. The van der Waals surface area contributed by atoms with Crippen LogP contribution in [0.5, 0.6) is 0 Å². The number of carbonyl (C=O) groups is 1. The number of aliphatic hydroxyl groups excluding tert-OH is 2. The van der Waals surface area contributed by atoms with E-state index in [1.807, 2.05) is 39.0 Å². The SMILES string of the molecule is CC(C)(C)OC(=O)N1C=CC=CC1.OCC1(CO)CNCCN1. The zero-order valence-electron chi connectivity index (χ0n) is 14.2. The van der Waals surface area contributed by atoms with Crippen LogP contribution in [0.2, 0.25) is 0 Å². The van der Waals surface area contributed by atoms with Crippen molar-refractivity contribution in [3.63, 3.8) is 0 Å². The maximum Gasteiger partial charge on any atom is 0.414 e. The summed E-state index contributed by atoms with van der Waals surface area (Å²) in [5.41, 5.74) is -0.912. The highest BCUT2D eigenvalue weighted by Crippen LogP contribution is 2.11. The lowest BCUT2D eigenvalue weighted by molar-refractivity contribution is 0.0350. The molecule has 0 aliphatic carbocycles.